The molecule has 0 amide bonds. The van der Waals surface area contributed by atoms with Gasteiger partial charge in [-0.15, -0.1) is 0 Å². The van der Waals surface area contributed by atoms with Crippen LogP contribution in [0.2, 0.25) is 5.02 Å². The second-order valence-electron chi connectivity index (χ2n) is 7.83. The van der Waals surface area contributed by atoms with E-state index in [1.165, 1.54) is 0 Å². The summed E-state index contributed by atoms with van der Waals surface area (Å²) in [4.78, 5) is 27.1. The van der Waals surface area contributed by atoms with Crippen LogP contribution in [-0.2, 0) is 6.54 Å². The van der Waals surface area contributed by atoms with Gasteiger partial charge in [-0.2, -0.15) is 0 Å². The van der Waals surface area contributed by atoms with Gasteiger partial charge >= 0.3 is 5.63 Å². The number of benzene rings is 2. The average Bonchev–Trinajstić information content (AvgIpc) is 2.75. The number of nitrogens with zero attached hydrogens (tertiary/aromatic N) is 1. The molecule has 0 spiro atoms. The average molecular weight is 426 g/mol. The van der Waals surface area contributed by atoms with E-state index in [-0.39, 0.29) is 17.3 Å². The molecule has 1 saturated heterocycles. The van der Waals surface area contributed by atoms with E-state index >= 15 is 0 Å². The summed E-state index contributed by atoms with van der Waals surface area (Å²) in [7, 11) is 1.61. The number of aryl methyl sites for hydroxylation is 1. The quantitative estimate of drug-likeness (QED) is 0.431. The lowest BCUT2D eigenvalue weighted by atomic mass is 9.88. The number of hydrogen-bond donors (Lipinski definition) is 0. The van der Waals surface area contributed by atoms with Crippen LogP contribution >= 0.6 is 11.6 Å². The highest BCUT2D eigenvalue weighted by atomic mass is 35.5. The zero-order valence-electron chi connectivity index (χ0n) is 17.1. The number of Topliss-reactive ketones (excluding diaryl/α,β-unsaturated/α-hetero) is 1. The van der Waals surface area contributed by atoms with Crippen LogP contribution in [0.25, 0.3) is 11.0 Å². The topological polar surface area (TPSA) is 59.8 Å². The van der Waals surface area contributed by atoms with Gasteiger partial charge in [0.2, 0.25) is 0 Å². The van der Waals surface area contributed by atoms with Gasteiger partial charge in [0, 0.05) is 34.5 Å². The molecule has 1 aliphatic rings. The highest BCUT2D eigenvalue weighted by Gasteiger charge is 2.26. The molecular formula is C24H24ClNO4. The Morgan fingerprint density at radius 3 is 2.53 bits per heavy atom. The summed E-state index contributed by atoms with van der Waals surface area (Å²) in [6.07, 6.45) is 1.59. The molecule has 3 aromatic rings. The summed E-state index contributed by atoms with van der Waals surface area (Å²) < 4.78 is 10.5. The molecule has 0 unspecified atom stereocenters. The Hall–Kier alpha value is -2.63. The third-order valence-electron chi connectivity index (χ3n) is 5.84. The van der Waals surface area contributed by atoms with E-state index in [1.54, 1.807) is 13.2 Å². The van der Waals surface area contributed by atoms with E-state index in [0.29, 0.717) is 17.2 Å². The van der Waals surface area contributed by atoms with Crippen molar-refractivity contribution < 1.29 is 13.9 Å². The normalized spacial score (nSPS) is 15.4. The van der Waals surface area contributed by atoms with E-state index < -0.39 is 0 Å². The number of likely N-dealkylation sites (tertiary alicyclic amines) is 1. The number of piperidine rings is 1. The van der Waals surface area contributed by atoms with Crippen molar-refractivity contribution in [1.82, 2.24) is 4.90 Å². The van der Waals surface area contributed by atoms with Crippen molar-refractivity contribution in [1.29, 1.82) is 0 Å². The van der Waals surface area contributed by atoms with E-state index in [9.17, 15) is 9.59 Å². The number of hydrogen-bond acceptors (Lipinski definition) is 5. The van der Waals surface area contributed by atoms with Crippen molar-refractivity contribution in [2.45, 2.75) is 26.3 Å². The van der Waals surface area contributed by atoms with E-state index in [4.69, 9.17) is 20.8 Å². The fourth-order valence-electron chi connectivity index (χ4n) is 4.06. The van der Waals surface area contributed by atoms with Crippen LogP contribution in [0.3, 0.4) is 0 Å². The van der Waals surface area contributed by atoms with Gasteiger partial charge < -0.3 is 9.15 Å². The Kier molecular flexibility index (Phi) is 5.93. The van der Waals surface area contributed by atoms with Crippen LogP contribution < -0.4 is 10.4 Å². The summed E-state index contributed by atoms with van der Waals surface area (Å²) in [5.41, 5.74) is 2.71. The molecule has 0 atom stereocenters. The summed E-state index contributed by atoms with van der Waals surface area (Å²) in [5, 5.41) is 1.52. The van der Waals surface area contributed by atoms with Crippen LogP contribution in [0.1, 0.15) is 34.3 Å². The highest BCUT2D eigenvalue weighted by molar-refractivity contribution is 6.32. The fraction of sp³-hybridized carbons (Fsp3) is 0.333. The van der Waals surface area contributed by atoms with Gasteiger partial charge in [0.1, 0.15) is 11.3 Å². The van der Waals surface area contributed by atoms with Crippen molar-refractivity contribution >= 4 is 28.4 Å². The predicted octanol–water partition coefficient (Wildman–Crippen LogP) is 4.86. The molecule has 1 fully saturated rings. The molecule has 0 N–H and O–H groups in total. The Labute approximate surface area is 180 Å². The number of ketones is 1. The van der Waals surface area contributed by atoms with Crippen molar-refractivity contribution in [3.63, 3.8) is 0 Å². The molecule has 2 heterocycles. The highest BCUT2D eigenvalue weighted by Crippen LogP contribution is 2.28. The summed E-state index contributed by atoms with van der Waals surface area (Å²) in [6.45, 7) is 4.12. The lowest BCUT2D eigenvalue weighted by Crippen LogP contribution is -2.36. The summed E-state index contributed by atoms with van der Waals surface area (Å²) >= 11 is 6.29. The predicted molar refractivity (Wildman–Crippen MR) is 118 cm³/mol. The largest absolute Gasteiger partial charge is 0.497 e. The first kappa shape index (κ1) is 20.6. The van der Waals surface area contributed by atoms with Gasteiger partial charge in [-0.3, -0.25) is 9.69 Å². The lowest BCUT2D eigenvalue weighted by Gasteiger charge is -2.31. The third kappa shape index (κ3) is 4.27. The van der Waals surface area contributed by atoms with Crippen molar-refractivity contribution in [2.75, 3.05) is 20.2 Å². The monoisotopic (exact) mass is 425 g/mol. The van der Waals surface area contributed by atoms with Crippen LogP contribution in [-0.4, -0.2) is 30.9 Å². The zero-order valence-corrected chi connectivity index (χ0v) is 17.9. The minimum absolute atomic E-state index is 0.0179. The molecule has 0 saturated carbocycles. The molecular weight excluding hydrogens is 402 g/mol. The smallest absolute Gasteiger partial charge is 0.336 e. The zero-order chi connectivity index (χ0) is 21.3. The van der Waals surface area contributed by atoms with Crippen LogP contribution in [0.4, 0.5) is 0 Å². The number of halogens is 1. The van der Waals surface area contributed by atoms with Gasteiger partial charge in [0.15, 0.2) is 5.78 Å². The Morgan fingerprint density at radius 1 is 1.17 bits per heavy atom. The van der Waals surface area contributed by atoms with E-state index in [2.05, 4.69) is 4.90 Å². The first-order chi connectivity index (χ1) is 14.4. The maximum Gasteiger partial charge on any atom is 0.336 e. The van der Waals surface area contributed by atoms with Gasteiger partial charge in [-0.1, -0.05) is 11.6 Å². The molecule has 5 nitrogen and oxygen atoms in total. The van der Waals surface area contributed by atoms with Crippen LogP contribution in [0, 0.1) is 12.8 Å². The van der Waals surface area contributed by atoms with Gasteiger partial charge in [0.25, 0.3) is 0 Å². The second-order valence-corrected chi connectivity index (χ2v) is 8.24. The molecule has 30 heavy (non-hydrogen) atoms. The maximum atomic E-state index is 12.8. The SMILES string of the molecule is COc1ccc(C(=O)C2CCN(Cc3cc(=O)oc4cc(C)c(Cl)cc34)CC2)cc1. The number of carbonyl (C=O) groups is 1. The van der Waals surface area contributed by atoms with E-state index in [1.807, 2.05) is 43.3 Å². The van der Waals surface area contributed by atoms with Crippen molar-refractivity contribution in [3.05, 3.63) is 74.6 Å². The molecule has 6 heteroatoms. The first-order valence-corrected chi connectivity index (χ1v) is 10.5. The Balaban J connectivity index is 1.45. The molecule has 0 bridgehead atoms. The number of carbonyl (C=O) groups excluding carboxylic acids is 1. The first-order valence-electron chi connectivity index (χ1n) is 10.1. The summed E-state index contributed by atoms with van der Waals surface area (Å²) in [5.74, 6) is 0.950. The number of ether oxygens (including phenoxy) is 1. The number of methoxy groups -OCH3 is 1. The van der Waals surface area contributed by atoms with Gasteiger partial charge in [-0.25, -0.2) is 4.79 Å². The fourth-order valence-corrected chi connectivity index (χ4v) is 4.23. The summed E-state index contributed by atoms with van der Waals surface area (Å²) in [6, 6.07) is 12.5. The molecule has 0 radical (unpaired) electrons. The second kappa shape index (κ2) is 8.62. The third-order valence-corrected chi connectivity index (χ3v) is 6.24. The standard InChI is InChI=1S/C24H24ClNO4/c1-15-11-22-20(13-21(15)25)18(12-23(27)30-22)14-26-9-7-17(8-10-26)24(28)16-3-5-19(29-2)6-4-16/h3-6,11-13,17H,7-10,14H2,1-2H3. The molecule has 156 valence electrons. The lowest BCUT2D eigenvalue weighted by molar-refractivity contribution is 0.0835. The minimum Gasteiger partial charge on any atom is -0.497 e. The number of rotatable bonds is 5. The molecule has 2 aromatic carbocycles. The molecule has 0 aliphatic carbocycles. The maximum absolute atomic E-state index is 12.8. The minimum atomic E-state index is -0.358. The number of fused-ring (bicyclic) bond motifs is 1. The van der Waals surface area contributed by atoms with Gasteiger partial charge in [-0.05, 0) is 80.4 Å². The molecule has 1 aromatic heterocycles. The molecule has 4 rings (SSSR count). The van der Waals surface area contributed by atoms with Crippen molar-refractivity contribution in [2.24, 2.45) is 5.92 Å². The molecule has 1 aliphatic heterocycles. The van der Waals surface area contributed by atoms with E-state index in [0.717, 1.165) is 53.8 Å². The Bertz CT molecular complexity index is 1130. The van der Waals surface area contributed by atoms with Crippen LogP contribution in [0.5, 0.6) is 5.75 Å². The van der Waals surface area contributed by atoms with Gasteiger partial charge in [0.05, 0.1) is 7.11 Å². The van der Waals surface area contributed by atoms with Crippen LogP contribution in [0.15, 0.2) is 51.7 Å². The van der Waals surface area contributed by atoms with Crippen molar-refractivity contribution in [3.8, 4) is 5.75 Å². The Morgan fingerprint density at radius 2 is 1.87 bits per heavy atom.